The fourth-order valence-electron chi connectivity index (χ4n) is 2.08. The number of hydrogen-bond acceptors (Lipinski definition) is 1. The van der Waals surface area contributed by atoms with Crippen LogP contribution in [0.5, 0.6) is 0 Å². The first-order chi connectivity index (χ1) is 9.60. The molecule has 0 aliphatic rings. The molecule has 20 heavy (non-hydrogen) atoms. The minimum Gasteiger partial charge on any atom is -0.377 e. The Balaban J connectivity index is 2.15. The molecule has 1 atom stereocenters. The Morgan fingerprint density at radius 2 is 1.60 bits per heavy atom. The first-order valence-corrected chi connectivity index (χ1v) is 6.55. The summed E-state index contributed by atoms with van der Waals surface area (Å²) in [6.45, 7) is 1.93. The fourth-order valence-corrected chi connectivity index (χ4v) is 2.08. The Morgan fingerprint density at radius 1 is 1.00 bits per heavy atom. The van der Waals surface area contributed by atoms with Gasteiger partial charge in [-0.25, -0.2) is 13.2 Å². The molecule has 0 aliphatic carbocycles. The Kier molecular flexibility index (Phi) is 4.66. The zero-order valence-corrected chi connectivity index (χ0v) is 11.2. The van der Waals surface area contributed by atoms with E-state index >= 15 is 0 Å². The molecule has 2 rings (SSSR count). The van der Waals surface area contributed by atoms with Crippen LogP contribution in [0.25, 0.3) is 0 Å². The lowest BCUT2D eigenvalue weighted by Crippen LogP contribution is -2.22. The predicted molar refractivity (Wildman–Crippen MR) is 74.2 cm³/mol. The van der Waals surface area contributed by atoms with E-state index in [0.717, 1.165) is 5.56 Å². The van der Waals surface area contributed by atoms with E-state index in [1.54, 1.807) is 0 Å². The van der Waals surface area contributed by atoms with Crippen LogP contribution in [-0.2, 0) is 6.42 Å². The van der Waals surface area contributed by atoms with Crippen LogP contribution in [0.3, 0.4) is 0 Å². The summed E-state index contributed by atoms with van der Waals surface area (Å²) >= 11 is 0. The van der Waals surface area contributed by atoms with Crippen LogP contribution < -0.4 is 5.32 Å². The van der Waals surface area contributed by atoms with Gasteiger partial charge in [0.15, 0.2) is 11.6 Å². The van der Waals surface area contributed by atoms with Crippen molar-refractivity contribution >= 4 is 5.69 Å². The average Bonchev–Trinajstić information content (AvgIpc) is 2.42. The van der Waals surface area contributed by atoms with Crippen molar-refractivity contribution in [3.8, 4) is 0 Å². The van der Waals surface area contributed by atoms with Crippen LogP contribution in [-0.4, -0.2) is 6.04 Å². The molecule has 2 aromatic carbocycles. The van der Waals surface area contributed by atoms with E-state index in [2.05, 4.69) is 5.32 Å². The molecule has 0 heterocycles. The van der Waals surface area contributed by atoms with Gasteiger partial charge in [-0.2, -0.15) is 0 Å². The third-order valence-corrected chi connectivity index (χ3v) is 3.17. The van der Waals surface area contributed by atoms with E-state index in [4.69, 9.17) is 0 Å². The lowest BCUT2D eigenvalue weighted by molar-refractivity contribution is 0.541. The Hall–Kier alpha value is -1.97. The molecule has 106 valence electrons. The van der Waals surface area contributed by atoms with Crippen LogP contribution in [0.15, 0.2) is 42.5 Å². The Morgan fingerprint density at radius 3 is 2.15 bits per heavy atom. The molecule has 0 aliphatic heterocycles. The normalized spacial score (nSPS) is 12.2. The van der Waals surface area contributed by atoms with Crippen molar-refractivity contribution in [3.63, 3.8) is 0 Å². The van der Waals surface area contributed by atoms with Gasteiger partial charge in [0, 0.05) is 18.2 Å². The summed E-state index contributed by atoms with van der Waals surface area (Å²) in [6, 6.07) is 10.9. The summed E-state index contributed by atoms with van der Waals surface area (Å²) in [5, 5.41) is 2.82. The quantitative estimate of drug-likeness (QED) is 0.847. The maximum Gasteiger partial charge on any atom is 0.152 e. The average molecular weight is 279 g/mol. The van der Waals surface area contributed by atoms with Gasteiger partial charge in [0.25, 0.3) is 0 Å². The topological polar surface area (TPSA) is 12.0 Å². The molecule has 4 heteroatoms. The van der Waals surface area contributed by atoms with Gasteiger partial charge in [-0.1, -0.05) is 37.3 Å². The highest BCUT2D eigenvalue weighted by atomic mass is 19.1. The minimum atomic E-state index is -0.915. The molecule has 1 unspecified atom stereocenters. The SMILES string of the molecule is CCC(Cc1ccccc1)Nc1c(F)cc(F)cc1F. The van der Waals surface area contributed by atoms with Gasteiger partial charge in [-0.3, -0.25) is 0 Å². The number of nitrogens with one attached hydrogen (secondary N) is 1. The molecule has 0 spiro atoms. The molecular weight excluding hydrogens is 263 g/mol. The van der Waals surface area contributed by atoms with Gasteiger partial charge >= 0.3 is 0 Å². The monoisotopic (exact) mass is 279 g/mol. The number of hydrogen-bond donors (Lipinski definition) is 1. The molecule has 0 fully saturated rings. The van der Waals surface area contributed by atoms with Gasteiger partial charge in [-0.15, -0.1) is 0 Å². The minimum absolute atomic E-state index is 0.119. The van der Waals surface area contributed by atoms with Crippen molar-refractivity contribution in [2.75, 3.05) is 5.32 Å². The summed E-state index contributed by atoms with van der Waals surface area (Å²) in [7, 11) is 0. The van der Waals surface area contributed by atoms with Crippen molar-refractivity contribution in [1.82, 2.24) is 0 Å². The summed E-state index contributed by atoms with van der Waals surface area (Å²) in [5.41, 5.74) is 0.809. The third-order valence-electron chi connectivity index (χ3n) is 3.17. The van der Waals surface area contributed by atoms with E-state index in [0.29, 0.717) is 25.0 Å². The van der Waals surface area contributed by atoms with E-state index in [1.165, 1.54) is 0 Å². The number of benzene rings is 2. The third kappa shape index (κ3) is 3.53. The second-order valence-electron chi connectivity index (χ2n) is 4.68. The zero-order chi connectivity index (χ0) is 14.5. The van der Waals surface area contributed by atoms with Gasteiger partial charge < -0.3 is 5.32 Å². The number of rotatable bonds is 5. The van der Waals surface area contributed by atoms with Gasteiger partial charge in [-0.05, 0) is 18.4 Å². The van der Waals surface area contributed by atoms with Crippen LogP contribution in [0.4, 0.5) is 18.9 Å². The van der Waals surface area contributed by atoms with Gasteiger partial charge in [0.2, 0.25) is 0 Å². The first kappa shape index (κ1) is 14.4. The van der Waals surface area contributed by atoms with Gasteiger partial charge in [0.05, 0.1) is 0 Å². The predicted octanol–water partition coefficient (Wildman–Crippen LogP) is 4.54. The summed E-state index contributed by atoms with van der Waals surface area (Å²) < 4.78 is 40.1. The smallest absolute Gasteiger partial charge is 0.152 e. The molecule has 0 radical (unpaired) electrons. The zero-order valence-electron chi connectivity index (χ0n) is 11.2. The fraction of sp³-hybridized carbons (Fsp3) is 0.250. The van der Waals surface area contributed by atoms with E-state index < -0.39 is 17.5 Å². The summed E-state index contributed by atoms with van der Waals surface area (Å²) in [4.78, 5) is 0. The second kappa shape index (κ2) is 6.46. The molecular formula is C16H16F3N. The van der Waals surface area contributed by atoms with Crippen molar-refractivity contribution in [2.24, 2.45) is 0 Å². The second-order valence-corrected chi connectivity index (χ2v) is 4.68. The molecule has 0 aromatic heterocycles. The maximum atomic E-state index is 13.6. The van der Waals surface area contributed by atoms with Crippen molar-refractivity contribution in [2.45, 2.75) is 25.8 Å². The maximum absolute atomic E-state index is 13.6. The first-order valence-electron chi connectivity index (χ1n) is 6.55. The number of anilines is 1. The molecule has 0 bridgehead atoms. The highest BCUT2D eigenvalue weighted by Crippen LogP contribution is 2.22. The lowest BCUT2D eigenvalue weighted by atomic mass is 10.0. The van der Waals surface area contributed by atoms with Crippen LogP contribution in [0.2, 0.25) is 0 Å². The Labute approximate surface area is 116 Å². The van der Waals surface area contributed by atoms with Crippen molar-refractivity contribution in [1.29, 1.82) is 0 Å². The largest absolute Gasteiger partial charge is 0.377 e. The lowest BCUT2D eigenvalue weighted by Gasteiger charge is -2.19. The molecule has 0 saturated heterocycles. The van der Waals surface area contributed by atoms with Crippen LogP contribution in [0.1, 0.15) is 18.9 Å². The van der Waals surface area contributed by atoms with Crippen LogP contribution >= 0.6 is 0 Å². The highest BCUT2D eigenvalue weighted by Gasteiger charge is 2.15. The molecule has 1 nitrogen and oxygen atoms in total. The van der Waals surface area contributed by atoms with E-state index in [1.807, 2.05) is 37.3 Å². The number of halogens is 3. The van der Waals surface area contributed by atoms with E-state index in [9.17, 15) is 13.2 Å². The van der Waals surface area contributed by atoms with Gasteiger partial charge in [0.1, 0.15) is 11.5 Å². The Bertz CT molecular complexity index is 546. The van der Waals surface area contributed by atoms with Crippen LogP contribution in [0, 0.1) is 17.5 Å². The molecule has 0 saturated carbocycles. The standard InChI is InChI=1S/C16H16F3N/c1-2-13(8-11-6-4-3-5-7-11)20-16-14(18)9-12(17)10-15(16)19/h3-7,9-10,13,20H,2,8H2,1H3. The summed E-state index contributed by atoms with van der Waals surface area (Å²) in [6.07, 6.45) is 1.35. The molecule has 2 aromatic rings. The van der Waals surface area contributed by atoms with E-state index in [-0.39, 0.29) is 11.7 Å². The summed E-state index contributed by atoms with van der Waals surface area (Å²) in [5.74, 6) is -2.73. The van der Waals surface area contributed by atoms with Crippen molar-refractivity contribution < 1.29 is 13.2 Å². The molecule has 0 amide bonds. The molecule has 1 N–H and O–H groups in total. The van der Waals surface area contributed by atoms with Crippen molar-refractivity contribution in [3.05, 3.63) is 65.5 Å². The highest BCUT2D eigenvalue weighted by molar-refractivity contribution is 5.47.